The van der Waals surface area contributed by atoms with Crippen molar-refractivity contribution < 1.29 is 19.4 Å². The van der Waals surface area contributed by atoms with Crippen LogP contribution < -0.4 is 4.74 Å². The van der Waals surface area contributed by atoms with Crippen LogP contribution in [0.5, 0.6) is 5.75 Å². The zero-order chi connectivity index (χ0) is 22.3. The molecule has 0 radical (unpaired) electrons. The largest absolute Gasteiger partial charge is 0.494 e. The first-order chi connectivity index (χ1) is 15.1. The summed E-state index contributed by atoms with van der Waals surface area (Å²) in [6.07, 6.45) is 12.8. The summed E-state index contributed by atoms with van der Waals surface area (Å²) in [5, 5.41) is 8.63. The van der Waals surface area contributed by atoms with E-state index in [1.807, 2.05) is 24.3 Å². The number of carbonyl (C=O) groups is 2. The highest BCUT2D eigenvalue weighted by Gasteiger charge is 2.08. The Kier molecular flexibility index (Phi) is 11.5. The highest BCUT2D eigenvalue weighted by molar-refractivity contribution is 8.14. The molecule has 0 aliphatic rings. The third kappa shape index (κ3) is 10.4. The van der Waals surface area contributed by atoms with Gasteiger partial charge in [-0.25, -0.2) is 4.79 Å². The molecule has 5 heteroatoms. The van der Waals surface area contributed by atoms with Crippen molar-refractivity contribution in [2.24, 2.45) is 0 Å². The van der Waals surface area contributed by atoms with Gasteiger partial charge in [-0.2, -0.15) is 0 Å². The van der Waals surface area contributed by atoms with E-state index in [1.54, 1.807) is 24.3 Å². The van der Waals surface area contributed by atoms with Gasteiger partial charge < -0.3 is 9.84 Å². The smallest absolute Gasteiger partial charge is 0.328 e. The van der Waals surface area contributed by atoms with Gasteiger partial charge in [0.05, 0.1) is 6.61 Å². The van der Waals surface area contributed by atoms with Crippen molar-refractivity contribution >= 4 is 28.9 Å². The number of benzene rings is 2. The Bertz CT molecular complexity index is 825. The molecule has 4 nitrogen and oxygen atoms in total. The summed E-state index contributed by atoms with van der Waals surface area (Å²) in [5.41, 5.74) is 1.40. The maximum absolute atomic E-state index is 12.5. The summed E-state index contributed by atoms with van der Waals surface area (Å²) >= 11 is 1.15. The Labute approximate surface area is 189 Å². The van der Waals surface area contributed by atoms with Crippen LogP contribution in [0.15, 0.2) is 59.5 Å². The van der Waals surface area contributed by atoms with Crippen LogP contribution in [0.3, 0.4) is 0 Å². The first-order valence-electron chi connectivity index (χ1n) is 11.0. The van der Waals surface area contributed by atoms with E-state index in [0.717, 1.165) is 40.5 Å². The molecule has 2 aromatic rings. The average Bonchev–Trinajstić information content (AvgIpc) is 2.78. The van der Waals surface area contributed by atoms with E-state index in [0.29, 0.717) is 12.2 Å². The molecule has 0 aromatic heterocycles. The third-order valence-corrected chi connectivity index (χ3v) is 5.79. The first-order valence-corrected chi connectivity index (χ1v) is 11.9. The van der Waals surface area contributed by atoms with E-state index in [-0.39, 0.29) is 5.12 Å². The van der Waals surface area contributed by atoms with E-state index in [1.165, 1.54) is 51.0 Å². The van der Waals surface area contributed by atoms with Crippen molar-refractivity contribution in [2.75, 3.05) is 6.61 Å². The fourth-order valence-corrected chi connectivity index (χ4v) is 3.83. The quantitative estimate of drug-likeness (QED) is 0.191. The Balaban J connectivity index is 1.70. The van der Waals surface area contributed by atoms with Crippen molar-refractivity contribution in [3.8, 4) is 5.75 Å². The molecular formula is C26H32O4S. The normalized spacial score (nSPS) is 11.0. The average molecular weight is 441 g/mol. The lowest BCUT2D eigenvalue weighted by molar-refractivity contribution is -0.131. The van der Waals surface area contributed by atoms with Crippen LogP contribution in [0.4, 0.5) is 0 Å². The van der Waals surface area contributed by atoms with Crippen LogP contribution in [-0.2, 0) is 4.79 Å². The lowest BCUT2D eigenvalue weighted by Crippen LogP contribution is -1.98. The number of carboxylic acid groups (broad SMARTS) is 1. The third-order valence-electron chi connectivity index (χ3n) is 4.87. The molecule has 0 unspecified atom stereocenters. The van der Waals surface area contributed by atoms with Crippen LogP contribution in [-0.4, -0.2) is 22.8 Å². The molecule has 0 aliphatic heterocycles. The fourth-order valence-electron chi connectivity index (χ4n) is 3.09. The molecule has 2 aromatic carbocycles. The summed E-state index contributed by atoms with van der Waals surface area (Å²) in [7, 11) is 0. The predicted octanol–water partition coefficient (Wildman–Crippen LogP) is 7.24. The second kappa shape index (κ2) is 14.5. The summed E-state index contributed by atoms with van der Waals surface area (Å²) in [5.74, 6) is -0.196. The van der Waals surface area contributed by atoms with E-state index in [2.05, 4.69) is 6.92 Å². The Morgan fingerprint density at radius 3 is 2.10 bits per heavy atom. The van der Waals surface area contributed by atoms with Crippen LogP contribution in [0.25, 0.3) is 6.08 Å². The molecule has 1 N–H and O–H groups in total. The van der Waals surface area contributed by atoms with Gasteiger partial charge in [-0.15, -0.1) is 0 Å². The van der Waals surface area contributed by atoms with Gasteiger partial charge in [0, 0.05) is 16.5 Å². The molecule has 2 rings (SSSR count). The molecule has 0 aliphatic carbocycles. The second-order valence-corrected chi connectivity index (χ2v) is 8.52. The minimum absolute atomic E-state index is 0.0385. The summed E-state index contributed by atoms with van der Waals surface area (Å²) in [6, 6.07) is 14.5. The topological polar surface area (TPSA) is 63.6 Å². The summed E-state index contributed by atoms with van der Waals surface area (Å²) in [4.78, 5) is 23.9. The first kappa shape index (κ1) is 24.7. The molecule has 0 fully saturated rings. The number of rotatable bonds is 14. The van der Waals surface area contributed by atoms with Gasteiger partial charge in [0.25, 0.3) is 0 Å². The zero-order valence-corrected chi connectivity index (χ0v) is 19.0. The van der Waals surface area contributed by atoms with E-state index in [9.17, 15) is 9.59 Å². The minimum Gasteiger partial charge on any atom is -0.494 e. The maximum Gasteiger partial charge on any atom is 0.328 e. The molecule has 0 bridgehead atoms. The Morgan fingerprint density at radius 2 is 1.48 bits per heavy atom. The lowest BCUT2D eigenvalue weighted by atomic mass is 10.1. The highest BCUT2D eigenvalue weighted by Crippen LogP contribution is 2.25. The number of hydrogen-bond donors (Lipinski definition) is 1. The molecule has 0 saturated heterocycles. The number of aliphatic carboxylic acids is 1. The molecule has 0 saturated carbocycles. The molecule has 0 spiro atoms. The maximum atomic E-state index is 12.5. The minimum atomic E-state index is -0.987. The molecule has 166 valence electrons. The highest BCUT2D eigenvalue weighted by atomic mass is 32.2. The number of unbranched alkanes of at least 4 members (excludes halogenated alkanes) is 7. The van der Waals surface area contributed by atoms with Gasteiger partial charge in [0.15, 0.2) is 0 Å². The van der Waals surface area contributed by atoms with Gasteiger partial charge >= 0.3 is 5.97 Å². The molecular weight excluding hydrogens is 408 g/mol. The van der Waals surface area contributed by atoms with Crippen molar-refractivity contribution in [3.63, 3.8) is 0 Å². The van der Waals surface area contributed by atoms with Crippen molar-refractivity contribution in [1.82, 2.24) is 0 Å². The second-order valence-electron chi connectivity index (χ2n) is 7.48. The van der Waals surface area contributed by atoms with Crippen molar-refractivity contribution in [1.29, 1.82) is 0 Å². The van der Waals surface area contributed by atoms with Gasteiger partial charge in [-0.1, -0.05) is 64.0 Å². The van der Waals surface area contributed by atoms with Crippen LogP contribution in [0, 0.1) is 0 Å². The van der Waals surface area contributed by atoms with Gasteiger partial charge in [-0.3, -0.25) is 4.79 Å². The SMILES string of the molecule is CCCCCCCCCCOc1ccc(C(=O)Sc2ccc(C=CC(=O)O)cc2)cc1. The van der Waals surface area contributed by atoms with E-state index in [4.69, 9.17) is 9.84 Å². The molecule has 31 heavy (non-hydrogen) atoms. The number of carboxylic acids is 1. The monoisotopic (exact) mass is 440 g/mol. The van der Waals surface area contributed by atoms with Gasteiger partial charge in [0.1, 0.15) is 5.75 Å². The molecule has 0 amide bonds. The van der Waals surface area contributed by atoms with Crippen LogP contribution >= 0.6 is 11.8 Å². The number of hydrogen-bond acceptors (Lipinski definition) is 4. The number of thioether (sulfide) groups is 1. The predicted molar refractivity (Wildman–Crippen MR) is 128 cm³/mol. The Morgan fingerprint density at radius 1 is 0.871 bits per heavy atom. The molecule has 0 heterocycles. The molecule has 0 atom stereocenters. The fraction of sp³-hybridized carbons (Fsp3) is 0.385. The lowest BCUT2D eigenvalue weighted by Gasteiger charge is -2.07. The van der Waals surface area contributed by atoms with Crippen molar-refractivity contribution in [3.05, 3.63) is 65.7 Å². The summed E-state index contributed by atoms with van der Waals surface area (Å²) < 4.78 is 5.79. The van der Waals surface area contributed by atoms with E-state index >= 15 is 0 Å². The van der Waals surface area contributed by atoms with Crippen LogP contribution in [0.1, 0.15) is 74.2 Å². The van der Waals surface area contributed by atoms with Crippen molar-refractivity contribution in [2.45, 2.75) is 63.2 Å². The van der Waals surface area contributed by atoms with Crippen LogP contribution in [0.2, 0.25) is 0 Å². The van der Waals surface area contributed by atoms with E-state index < -0.39 is 5.97 Å². The Hall–Kier alpha value is -2.53. The standard InChI is InChI=1S/C26H32O4S/c1-2-3-4-5-6-7-8-9-20-30-23-15-13-22(14-16-23)26(29)31-24-17-10-21(11-18-24)12-19-25(27)28/h10-19H,2-9,20H2,1H3,(H,27,28). The zero-order valence-electron chi connectivity index (χ0n) is 18.2. The van der Waals surface area contributed by atoms with Gasteiger partial charge in [0.2, 0.25) is 5.12 Å². The number of ether oxygens (including phenoxy) is 1. The summed E-state index contributed by atoms with van der Waals surface area (Å²) in [6.45, 7) is 2.95. The van der Waals surface area contributed by atoms with Gasteiger partial charge in [-0.05, 0) is 66.2 Å². The number of carbonyl (C=O) groups excluding carboxylic acids is 1.